The van der Waals surface area contributed by atoms with Crippen LogP contribution in [0.1, 0.15) is 35.4 Å². The third-order valence-electron chi connectivity index (χ3n) is 4.65. The van der Waals surface area contributed by atoms with Gasteiger partial charge in [0, 0.05) is 0 Å². The van der Waals surface area contributed by atoms with E-state index in [0.717, 1.165) is 13.0 Å². The van der Waals surface area contributed by atoms with Crippen LogP contribution in [-0.4, -0.2) is 44.7 Å². The van der Waals surface area contributed by atoms with Gasteiger partial charge in [-0.2, -0.15) is 0 Å². The number of nitrogens with zero attached hydrogens (tertiary/aromatic N) is 4. The summed E-state index contributed by atoms with van der Waals surface area (Å²) in [5, 5.41) is 8.50. The van der Waals surface area contributed by atoms with Crippen molar-refractivity contribution in [1.29, 1.82) is 0 Å². The Morgan fingerprint density at radius 2 is 2.10 bits per heavy atom. The highest BCUT2D eigenvalue weighted by Gasteiger charge is 2.16. The molecular formula is C21H21N5O5. The first-order chi connectivity index (χ1) is 15.1. The molecule has 3 heterocycles. The first kappa shape index (κ1) is 20.5. The van der Waals surface area contributed by atoms with E-state index in [0.29, 0.717) is 52.9 Å². The molecule has 0 aliphatic rings. The number of H-pyrrole nitrogens is 1. The predicted octanol–water partition coefficient (Wildman–Crippen LogP) is 2.76. The first-order valence-electron chi connectivity index (χ1n) is 9.77. The predicted molar refractivity (Wildman–Crippen MR) is 110 cm³/mol. The Morgan fingerprint density at radius 1 is 1.23 bits per heavy atom. The molecule has 0 aliphatic carbocycles. The van der Waals surface area contributed by atoms with E-state index in [1.54, 1.807) is 30.3 Å². The molecule has 0 fully saturated rings. The quantitative estimate of drug-likeness (QED) is 0.425. The number of carbonyl (C=O) groups excluding carboxylic acids is 1. The van der Waals surface area contributed by atoms with Gasteiger partial charge in [0.25, 0.3) is 11.4 Å². The van der Waals surface area contributed by atoms with E-state index in [1.165, 1.54) is 13.4 Å². The zero-order chi connectivity index (χ0) is 21.8. The number of aromatic amines is 1. The van der Waals surface area contributed by atoms with Gasteiger partial charge in [-0.3, -0.25) is 9.69 Å². The first-order valence-corrected chi connectivity index (χ1v) is 9.77. The molecule has 0 bridgehead atoms. The molecule has 160 valence electrons. The fraction of sp³-hybridized carbons (Fsp3) is 0.286. The molecule has 31 heavy (non-hydrogen) atoms. The molecule has 0 spiro atoms. The maximum Gasteiger partial charge on any atom is 0.337 e. The Labute approximate surface area is 176 Å². The van der Waals surface area contributed by atoms with Crippen molar-refractivity contribution in [2.24, 2.45) is 0 Å². The fourth-order valence-corrected chi connectivity index (χ4v) is 3.26. The number of hydrogen-bond acceptors (Lipinski definition) is 9. The molecule has 0 saturated heterocycles. The lowest BCUT2D eigenvalue weighted by molar-refractivity contribution is 0.0601. The standard InChI is InChI=1S/C21H21N5O5/c1-3-8-26(12-18-24-25-20(31-18)16-5-4-9-30-16)11-17-22-15-10-13(21(28)29-2)6-7-14(15)19(27)23-17/h4-7,9-10H,3,8,11-12H2,1-2H3,(H,22,23,27). The molecule has 1 aromatic carbocycles. The van der Waals surface area contributed by atoms with E-state index in [-0.39, 0.29) is 5.56 Å². The lowest BCUT2D eigenvalue weighted by Crippen LogP contribution is -2.26. The minimum Gasteiger partial charge on any atom is -0.465 e. The molecule has 1 N–H and O–H groups in total. The zero-order valence-corrected chi connectivity index (χ0v) is 17.1. The molecule has 10 nitrogen and oxygen atoms in total. The topological polar surface area (TPSA) is 127 Å². The number of esters is 1. The Kier molecular flexibility index (Phi) is 5.89. The Hall–Kier alpha value is -3.79. The van der Waals surface area contributed by atoms with Crippen LogP contribution in [0, 0.1) is 0 Å². The van der Waals surface area contributed by atoms with Gasteiger partial charge in [0.05, 0.1) is 42.9 Å². The molecule has 4 aromatic rings. The average molecular weight is 423 g/mol. The minimum atomic E-state index is -0.484. The van der Waals surface area contributed by atoms with Crippen molar-refractivity contribution >= 4 is 16.9 Å². The number of carbonyl (C=O) groups is 1. The monoisotopic (exact) mass is 423 g/mol. The van der Waals surface area contributed by atoms with Crippen LogP contribution in [-0.2, 0) is 17.8 Å². The van der Waals surface area contributed by atoms with Gasteiger partial charge in [-0.15, -0.1) is 10.2 Å². The molecule has 4 rings (SSSR count). The van der Waals surface area contributed by atoms with Crippen LogP contribution in [0.2, 0.25) is 0 Å². The van der Waals surface area contributed by atoms with E-state index in [1.807, 2.05) is 11.8 Å². The number of benzene rings is 1. The molecule has 0 aliphatic heterocycles. The molecule has 0 unspecified atom stereocenters. The van der Waals surface area contributed by atoms with Crippen LogP contribution in [0.5, 0.6) is 0 Å². The zero-order valence-electron chi connectivity index (χ0n) is 17.1. The maximum absolute atomic E-state index is 12.5. The molecular weight excluding hydrogens is 402 g/mol. The molecule has 0 atom stereocenters. The summed E-state index contributed by atoms with van der Waals surface area (Å²) in [6.07, 6.45) is 2.42. The van der Waals surface area contributed by atoms with E-state index in [2.05, 4.69) is 20.2 Å². The van der Waals surface area contributed by atoms with Gasteiger partial charge in [-0.25, -0.2) is 9.78 Å². The van der Waals surface area contributed by atoms with E-state index >= 15 is 0 Å². The second-order valence-electron chi connectivity index (χ2n) is 6.93. The summed E-state index contributed by atoms with van der Waals surface area (Å²) in [7, 11) is 1.31. The van der Waals surface area contributed by atoms with Crippen molar-refractivity contribution in [1.82, 2.24) is 25.1 Å². The number of methoxy groups -OCH3 is 1. The van der Waals surface area contributed by atoms with Crippen molar-refractivity contribution in [3.63, 3.8) is 0 Å². The summed E-state index contributed by atoms with van der Waals surface area (Å²) in [6.45, 7) is 3.52. The molecule has 0 saturated carbocycles. The summed E-state index contributed by atoms with van der Waals surface area (Å²) in [6, 6.07) is 8.15. The summed E-state index contributed by atoms with van der Waals surface area (Å²) < 4.78 is 15.7. The van der Waals surface area contributed by atoms with Gasteiger partial charge < -0.3 is 18.6 Å². The van der Waals surface area contributed by atoms with Crippen LogP contribution in [0.15, 0.2) is 50.2 Å². The Bertz CT molecular complexity index is 1240. The smallest absolute Gasteiger partial charge is 0.337 e. The molecule has 0 radical (unpaired) electrons. The number of ether oxygens (including phenoxy) is 1. The third kappa shape index (κ3) is 4.53. The van der Waals surface area contributed by atoms with Crippen molar-refractivity contribution < 1.29 is 18.4 Å². The van der Waals surface area contributed by atoms with Crippen LogP contribution < -0.4 is 5.56 Å². The van der Waals surface area contributed by atoms with E-state index in [9.17, 15) is 9.59 Å². The van der Waals surface area contributed by atoms with Crippen LogP contribution >= 0.6 is 0 Å². The largest absolute Gasteiger partial charge is 0.465 e. The minimum absolute atomic E-state index is 0.272. The SMILES string of the molecule is CCCN(Cc1nc2cc(C(=O)OC)ccc2c(=O)[nH]1)Cc1nnc(-c2ccco2)o1. The number of nitrogens with one attached hydrogen (secondary N) is 1. The van der Waals surface area contributed by atoms with Crippen LogP contribution in [0.25, 0.3) is 22.6 Å². The summed E-state index contributed by atoms with van der Waals surface area (Å²) in [4.78, 5) is 33.7. The van der Waals surface area contributed by atoms with Gasteiger partial charge >= 0.3 is 5.97 Å². The maximum atomic E-state index is 12.5. The number of fused-ring (bicyclic) bond motifs is 1. The van der Waals surface area contributed by atoms with Crippen molar-refractivity contribution in [3.8, 4) is 11.7 Å². The second-order valence-corrected chi connectivity index (χ2v) is 6.93. The highest BCUT2D eigenvalue weighted by molar-refractivity contribution is 5.93. The second kappa shape index (κ2) is 8.92. The van der Waals surface area contributed by atoms with E-state index < -0.39 is 5.97 Å². The van der Waals surface area contributed by atoms with Crippen molar-refractivity contribution in [2.45, 2.75) is 26.4 Å². The highest BCUT2D eigenvalue weighted by atomic mass is 16.5. The number of aromatic nitrogens is 4. The summed E-state index contributed by atoms with van der Waals surface area (Å²) >= 11 is 0. The van der Waals surface area contributed by atoms with Gasteiger partial charge in [0.2, 0.25) is 5.89 Å². The van der Waals surface area contributed by atoms with Gasteiger partial charge in [-0.1, -0.05) is 6.92 Å². The summed E-state index contributed by atoms with van der Waals surface area (Å²) in [5.41, 5.74) is 0.488. The van der Waals surface area contributed by atoms with Gasteiger partial charge in [-0.05, 0) is 43.3 Å². The van der Waals surface area contributed by atoms with Crippen LogP contribution in [0.4, 0.5) is 0 Å². The van der Waals surface area contributed by atoms with Gasteiger partial charge in [0.1, 0.15) is 5.82 Å². The lowest BCUT2D eigenvalue weighted by atomic mass is 10.1. The highest BCUT2D eigenvalue weighted by Crippen LogP contribution is 2.19. The number of furan rings is 1. The summed E-state index contributed by atoms with van der Waals surface area (Å²) in [5.74, 6) is 1.23. The van der Waals surface area contributed by atoms with Crippen molar-refractivity contribution in [3.05, 3.63) is 64.2 Å². The Balaban J connectivity index is 1.57. The van der Waals surface area contributed by atoms with Crippen LogP contribution in [0.3, 0.4) is 0 Å². The number of rotatable bonds is 8. The number of hydrogen-bond donors (Lipinski definition) is 1. The third-order valence-corrected chi connectivity index (χ3v) is 4.65. The Morgan fingerprint density at radius 3 is 2.84 bits per heavy atom. The van der Waals surface area contributed by atoms with Gasteiger partial charge in [0.15, 0.2) is 5.76 Å². The average Bonchev–Trinajstić information content (AvgIpc) is 3.45. The van der Waals surface area contributed by atoms with Crippen molar-refractivity contribution in [2.75, 3.05) is 13.7 Å². The normalized spacial score (nSPS) is 11.3. The molecule has 3 aromatic heterocycles. The molecule has 10 heteroatoms. The molecule has 0 amide bonds. The fourth-order valence-electron chi connectivity index (χ4n) is 3.26. The van der Waals surface area contributed by atoms with E-state index in [4.69, 9.17) is 13.6 Å². The lowest BCUT2D eigenvalue weighted by Gasteiger charge is -2.19.